The van der Waals surface area contributed by atoms with Crippen LogP contribution in [0.1, 0.15) is 26.7 Å². The third kappa shape index (κ3) is 5.30. The summed E-state index contributed by atoms with van der Waals surface area (Å²) < 4.78 is 10.6. The number of hydrogen-bond donors (Lipinski definition) is 1. The molecule has 1 fully saturated rings. The van der Waals surface area contributed by atoms with Crippen molar-refractivity contribution in [1.82, 2.24) is 10.2 Å². The van der Waals surface area contributed by atoms with E-state index in [1.807, 2.05) is 0 Å². The molecule has 1 atom stereocenters. The van der Waals surface area contributed by atoms with Crippen molar-refractivity contribution in [1.29, 1.82) is 0 Å². The normalized spacial score (nSPS) is 16.4. The number of piperidine rings is 1. The number of nitrogens with zero attached hydrogens (tertiary/aromatic N) is 1. The van der Waals surface area contributed by atoms with Crippen molar-refractivity contribution < 1.29 is 19.1 Å². The molecule has 0 spiro atoms. The average molecular weight is 355 g/mol. The Morgan fingerprint density at radius 2 is 1.92 bits per heavy atom. The first-order valence-corrected chi connectivity index (χ1v) is 8.51. The van der Waals surface area contributed by atoms with Gasteiger partial charge in [0.05, 0.1) is 6.61 Å². The Morgan fingerprint density at radius 3 is 2.50 bits per heavy atom. The number of hydrogen-bond acceptors (Lipinski definition) is 4. The van der Waals surface area contributed by atoms with Gasteiger partial charge in [-0.15, -0.1) is 0 Å². The highest BCUT2D eigenvalue weighted by Crippen LogP contribution is 2.17. The lowest BCUT2D eigenvalue weighted by Crippen LogP contribution is -2.49. The van der Waals surface area contributed by atoms with E-state index in [0.29, 0.717) is 43.3 Å². The summed E-state index contributed by atoms with van der Waals surface area (Å²) in [4.78, 5) is 25.5. The molecule has 1 unspecified atom stereocenters. The molecule has 0 radical (unpaired) electrons. The quantitative estimate of drug-likeness (QED) is 0.882. The Labute approximate surface area is 147 Å². The lowest BCUT2D eigenvalue weighted by Gasteiger charge is -2.32. The number of rotatable bonds is 5. The maximum absolute atomic E-state index is 12.2. The van der Waals surface area contributed by atoms with Gasteiger partial charge in [-0.25, -0.2) is 4.79 Å². The van der Waals surface area contributed by atoms with E-state index >= 15 is 0 Å². The third-order valence-corrected chi connectivity index (χ3v) is 4.12. The molecule has 0 aromatic heterocycles. The van der Waals surface area contributed by atoms with Crippen molar-refractivity contribution in [3.8, 4) is 5.75 Å². The van der Waals surface area contributed by atoms with Gasteiger partial charge in [-0.2, -0.15) is 0 Å². The van der Waals surface area contributed by atoms with Crippen molar-refractivity contribution in [2.75, 3.05) is 19.7 Å². The van der Waals surface area contributed by atoms with Gasteiger partial charge in [-0.3, -0.25) is 4.79 Å². The Morgan fingerprint density at radius 1 is 1.29 bits per heavy atom. The molecule has 2 amide bonds. The molecule has 1 saturated heterocycles. The fourth-order valence-corrected chi connectivity index (χ4v) is 2.64. The maximum atomic E-state index is 12.2. The Bertz CT molecular complexity index is 556. The second kappa shape index (κ2) is 8.78. The minimum absolute atomic E-state index is 0.0412. The van der Waals surface area contributed by atoms with Crippen LogP contribution >= 0.6 is 11.6 Å². The molecule has 0 bridgehead atoms. The molecule has 132 valence electrons. The van der Waals surface area contributed by atoms with E-state index in [1.54, 1.807) is 43.0 Å². The highest BCUT2D eigenvalue weighted by atomic mass is 35.5. The van der Waals surface area contributed by atoms with E-state index in [0.717, 1.165) is 0 Å². The van der Waals surface area contributed by atoms with Gasteiger partial charge < -0.3 is 19.7 Å². The van der Waals surface area contributed by atoms with Crippen LogP contribution < -0.4 is 10.1 Å². The number of amides is 2. The zero-order chi connectivity index (χ0) is 17.5. The van der Waals surface area contributed by atoms with Crippen LogP contribution in [-0.4, -0.2) is 48.7 Å². The average Bonchev–Trinajstić information content (AvgIpc) is 2.57. The van der Waals surface area contributed by atoms with Crippen LogP contribution in [0.25, 0.3) is 0 Å². The molecule has 1 aromatic carbocycles. The molecular formula is C17H23ClN2O4. The number of benzene rings is 1. The van der Waals surface area contributed by atoms with Gasteiger partial charge in [0.2, 0.25) is 0 Å². The van der Waals surface area contributed by atoms with Gasteiger partial charge in [0, 0.05) is 24.2 Å². The second-order valence-corrected chi connectivity index (χ2v) is 6.12. The standard InChI is InChI=1S/C17H23ClN2O4/c1-3-23-17(22)20-10-8-14(9-11-20)19-16(21)12(2)24-15-6-4-13(18)5-7-15/h4-7,12,14H,3,8-11H2,1-2H3,(H,19,21). The minimum atomic E-state index is -0.603. The number of carbonyl (C=O) groups is 2. The SMILES string of the molecule is CCOC(=O)N1CCC(NC(=O)C(C)Oc2ccc(Cl)cc2)CC1. The molecule has 2 rings (SSSR count). The topological polar surface area (TPSA) is 67.9 Å². The molecule has 1 N–H and O–H groups in total. The van der Waals surface area contributed by atoms with E-state index in [4.69, 9.17) is 21.1 Å². The molecule has 0 aliphatic carbocycles. The predicted molar refractivity (Wildman–Crippen MR) is 91.3 cm³/mol. The summed E-state index contributed by atoms with van der Waals surface area (Å²) in [5, 5.41) is 3.59. The molecule has 0 saturated carbocycles. The first kappa shape index (κ1) is 18.4. The van der Waals surface area contributed by atoms with Crippen LogP contribution in [0.5, 0.6) is 5.75 Å². The zero-order valence-corrected chi connectivity index (χ0v) is 14.7. The van der Waals surface area contributed by atoms with Gasteiger partial charge >= 0.3 is 6.09 Å². The molecular weight excluding hydrogens is 332 g/mol. The third-order valence-electron chi connectivity index (χ3n) is 3.86. The fourth-order valence-electron chi connectivity index (χ4n) is 2.51. The summed E-state index contributed by atoms with van der Waals surface area (Å²) in [6, 6.07) is 6.92. The lowest BCUT2D eigenvalue weighted by molar-refractivity contribution is -0.128. The molecule has 1 heterocycles. The Balaban J connectivity index is 1.76. The zero-order valence-electron chi connectivity index (χ0n) is 14.0. The van der Waals surface area contributed by atoms with Gasteiger partial charge in [0.1, 0.15) is 5.75 Å². The highest BCUT2D eigenvalue weighted by Gasteiger charge is 2.26. The summed E-state index contributed by atoms with van der Waals surface area (Å²) in [6.45, 7) is 5.02. The molecule has 7 heteroatoms. The van der Waals surface area contributed by atoms with E-state index in [2.05, 4.69) is 5.32 Å². The summed E-state index contributed by atoms with van der Waals surface area (Å²) in [5.74, 6) is 0.429. The summed E-state index contributed by atoms with van der Waals surface area (Å²) >= 11 is 5.82. The van der Waals surface area contributed by atoms with Crippen molar-refractivity contribution in [3.05, 3.63) is 29.3 Å². The van der Waals surface area contributed by atoms with Crippen LogP contribution in [0.15, 0.2) is 24.3 Å². The molecule has 24 heavy (non-hydrogen) atoms. The lowest BCUT2D eigenvalue weighted by atomic mass is 10.1. The van der Waals surface area contributed by atoms with E-state index < -0.39 is 6.10 Å². The number of nitrogens with one attached hydrogen (secondary N) is 1. The van der Waals surface area contributed by atoms with Crippen molar-refractivity contribution in [2.45, 2.75) is 38.8 Å². The first-order chi connectivity index (χ1) is 11.5. The summed E-state index contributed by atoms with van der Waals surface area (Å²) in [7, 11) is 0. The van der Waals surface area contributed by atoms with Crippen LogP contribution in [0.3, 0.4) is 0 Å². The summed E-state index contributed by atoms with van der Waals surface area (Å²) in [6.07, 6.45) is 0.521. The van der Waals surface area contributed by atoms with E-state index in [1.165, 1.54) is 0 Å². The Kier molecular flexibility index (Phi) is 6.73. The van der Waals surface area contributed by atoms with Gasteiger partial charge in [-0.1, -0.05) is 11.6 Å². The number of ether oxygens (including phenoxy) is 2. The predicted octanol–water partition coefficient (Wildman–Crippen LogP) is 2.84. The Hall–Kier alpha value is -1.95. The van der Waals surface area contributed by atoms with Crippen LogP contribution in [0, 0.1) is 0 Å². The van der Waals surface area contributed by atoms with Gasteiger partial charge in [0.25, 0.3) is 5.91 Å². The summed E-state index contributed by atoms with van der Waals surface area (Å²) in [5.41, 5.74) is 0. The van der Waals surface area contributed by atoms with Crippen molar-refractivity contribution in [2.24, 2.45) is 0 Å². The fraction of sp³-hybridized carbons (Fsp3) is 0.529. The first-order valence-electron chi connectivity index (χ1n) is 8.14. The second-order valence-electron chi connectivity index (χ2n) is 5.68. The smallest absolute Gasteiger partial charge is 0.409 e. The molecule has 1 aliphatic heterocycles. The number of carbonyl (C=O) groups excluding carboxylic acids is 2. The van der Waals surface area contributed by atoms with Crippen LogP contribution in [0.4, 0.5) is 4.79 Å². The van der Waals surface area contributed by atoms with Crippen molar-refractivity contribution >= 4 is 23.6 Å². The monoisotopic (exact) mass is 354 g/mol. The molecule has 1 aliphatic rings. The number of halogens is 1. The van der Waals surface area contributed by atoms with Crippen LogP contribution in [-0.2, 0) is 9.53 Å². The minimum Gasteiger partial charge on any atom is -0.481 e. The van der Waals surface area contributed by atoms with Crippen molar-refractivity contribution in [3.63, 3.8) is 0 Å². The largest absolute Gasteiger partial charge is 0.481 e. The molecule has 6 nitrogen and oxygen atoms in total. The van der Waals surface area contributed by atoms with E-state index in [9.17, 15) is 9.59 Å². The molecule has 1 aromatic rings. The van der Waals surface area contributed by atoms with Gasteiger partial charge in [0.15, 0.2) is 6.10 Å². The van der Waals surface area contributed by atoms with E-state index in [-0.39, 0.29) is 18.0 Å². The van der Waals surface area contributed by atoms with Crippen LogP contribution in [0.2, 0.25) is 5.02 Å². The number of likely N-dealkylation sites (tertiary alicyclic amines) is 1. The maximum Gasteiger partial charge on any atom is 0.409 e. The highest BCUT2D eigenvalue weighted by molar-refractivity contribution is 6.30. The van der Waals surface area contributed by atoms with Gasteiger partial charge in [-0.05, 0) is 51.0 Å².